The number of halogens is 1. The molecule has 1 fully saturated rings. The number of benzene rings is 1. The zero-order valence-electron chi connectivity index (χ0n) is 17.1. The maximum Gasteiger partial charge on any atom is 0.161 e. The van der Waals surface area contributed by atoms with Crippen LogP contribution in [0, 0.1) is 0 Å². The van der Waals surface area contributed by atoms with Crippen LogP contribution in [0.1, 0.15) is 13.8 Å². The van der Waals surface area contributed by atoms with Crippen LogP contribution < -0.4 is 10.2 Å². The Morgan fingerprint density at radius 1 is 1.13 bits per heavy atom. The number of nitrogens with one attached hydrogen (secondary N) is 1. The summed E-state index contributed by atoms with van der Waals surface area (Å²) in [5.74, 6) is 0.115. The molecule has 0 amide bonds. The van der Waals surface area contributed by atoms with Crippen molar-refractivity contribution in [2.24, 2.45) is 7.05 Å². The van der Waals surface area contributed by atoms with Crippen molar-refractivity contribution in [1.82, 2.24) is 25.1 Å². The van der Waals surface area contributed by atoms with Crippen molar-refractivity contribution >= 4 is 39.2 Å². The normalized spacial score (nSPS) is 19.7. The van der Waals surface area contributed by atoms with Gasteiger partial charge in [0.15, 0.2) is 5.65 Å². The predicted molar refractivity (Wildman–Crippen MR) is 120 cm³/mol. The highest BCUT2D eigenvalue weighted by molar-refractivity contribution is 6.35. The van der Waals surface area contributed by atoms with Crippen LogP contribution in [0.5, 0.6) is 5.75 Å². The van der Waals surface area contributed by atoms with Crippen LogP contribution in [0.3, 0.4) is 0 Å². The summed E-state index contributed by atoms with van der Waals surface area (Å²) < 4.78 is 1.72. The number of aromatic nitrogens is 4. The summed E-state index contributed by atoms with van der Waals surface area (Å²) in [6.45, 7) is 6.20. The molecule has 4 heterocycles. The second-order valence-corrected chi connectivity index (χ2v) is 8.57. The van der Waals surface area contributed by atoms with Gasteiger partial charge >= 0.3 is 0 Å². The summed E-state index contributed by atoms with van der Waals surface area (Å²) in [6.07, 6.45) is 3.76. The van der Waals surface area contributed by atoms with E-state index in [1.165, 1.54) is 0 Å². The summed E-state index contributed by atoms with van der Waals surface area (Å²) in [5, 5.41) is 20.7. The average Bonchev–Trinajstić information content (AvgIpc) is 3.05. The molecule has 1 aliphatic heterocycles. The molecular weight excluding hydrogens is 400 g/mol. The number of hydrogen-bond donors (Lipinski definition) is 2. The van der Waals surface area contributed by atoms with E-state index in [1.54, 1.807) is 16.8 Å². The van der Waals surface area contributed by atoms with Gasteiger partial charge in [-0.25, -0.2) is 9.97 Å². The first kappa shape index (κ1) is 19.1. The quantitative estimate of drug-likeness (QED) is 0.512. The van der Waals surface area contributed by atoms with Crippen LogP contribution in [0.2, 0.25) is 5.02 Å². The fourth-order valence-corrected chi connectivity index (χ4v) is 4.54. The molecule has 2 N–H and O–H groups in total. The zero-order valence-corrected chi connectivity index (χ0v) is 17.9. The van der Waals surface area contributed by atoms with E-state index in [4.69, 9.17) is 11.6 Å². The van der Waals surface area contributed by atoms with E-state index in [2.05, 4.69) is 45.2 Å². The van der Waals surface area contributed by atoms with Gasteiger partial charge in [-0.15, -0.1) is 0 Å². The third kappa shape index (κ3) is 3.34. The Hall–Kier alpha value is -2.90. The zero-order chi connectivity index (χ0) is 21.0. The third-order valence-electron chi connectivity index (χ3n) is 5.53. The number of fused-ring (bicyclic) bond motifs is 2. The number of anilines is 1. The van der Waals surface area contributed by atoms with Gasteiger partial charge in [0.2, 0.25) is 0 Å². The lowest BCUT2D eigenvalue weighted by molar-refractivity contribution is 0.407. The minimum Gasteiger partial charge on any atom is -0.507 e. The molecule has 4 aromatic rings. The van der Waals surface area contributed by atoms with E-state index < -0.39 is 0 Å². The number of rotatable bonds is 2. The summed E-state index contributed by atoms with van der Waals surface area (Å²) in [5.41, 5.74) is 3.52. The molecule has 2 atom stereocenters. The number of phenolic OH excluding ortho intramolecular Hbond substituents is 1. The van der Waals surface area contributed by atoms with Gasteiger partial charge in [-0.2, -0.15) is 5.10 Å². The number of aromatic hydroxyl groups is 1. The molecule has 0 bridgehead atoms. The number of piperazine rings is 1. The summed E-state index contributed by atoms with van der Waals surface area (Å²) >= 11 is 6.65. The minimum atomic E-state index is 0.115. The Balaban J connectivity index is 1.57. The topological polar surface area (TPSA) is 79.1 Å². The van der Waals surface area contributed by atoms with Crippen LogP contribution in [0.4, 0.5) is 5.69 Å². The van der Waals surface area contributed by atoms with Crippen molar-refractivity contribution in [1.29, 1.82) is 0 Å². The molecule has 0 aliphatic carbocycles. The first-order valence-electron chi connectivity index (χ1n) is 10.0. The number of hydrogen-bond acceptors (Lipinski definition) is 6. The van der Waals surface area contributed by atoms with Gasteiger partial charge in [-0.05, 0) is 32.0 Å². The molecule has 8 heteroatoms. The smallest absolute Gasteiger partial charge is 0.161 e. The second-order valence-electron chi connectivity index (χ2n) is 8.16. The van der Waals surface area contributed by atoms with E-state index in [0.717, 1.165) is 35.1 Å². The largest absolute Gasteiger partial charge is 0.507 e. The Labute approximate surface area is 179 Å². The minimum absolute atomic E-state index is 0.115. The molecule has 1 aliphatic rings. The Morgan fingerprint density at radius 2 is 1.90 bits per heavy atom. The first-order valence-corrected chi connectivity index (χ1v) is 10.4. The fourth-order valence-electron chi connectivity index (χ4n) is 4.29. The lowest BCUT2D eigenvalue weighted by Gasteiger charge is -2.37. The maximum atomic E-state index is 10.5. The van der Waals surface area contributed by atoms with Crippen LogP contribution in [0.15, 0.2) is 36.7 Å². The predicted octanol–water partition coefficient (Wildman–Crippen LogP) is 3.73. The van der Waals surface area contributed by atoms with Crippen molar-refractivity contribution in [3.05, 3.63) is 41.7 Å². The Morgan fingerprint density at radius 3 is 2.67 bits per heavy atom. The van der Waals surface area contributed by atoms with Crippen LogP contribution >= 0.6 is 11.6 Å². The van der Waals surface area contributed by atoms with Gasteiger partial charge < -0.3 is 15.3 Å². The van der Waals surface area contributed by atoms with Crippen molar-refractivity contribution < 1.29 is 5.11 Å². The monoisotopic (exact) mass is 422 g/mol. The van der Waals surface area contributed by atoms with E-state index >= 15 is 0 Å². The molecule has 1 saturated heterocycles. The van der Waals surface area contributed by atoms with Gasteiger partial charge in [-0.3, -0.25) is 4.68 Å². The molecule has 7 nitrogen and oxygen atoms in total. The highest BCUT2D eigenvalue weighted by atomic mass is 35.5. The van der Waals surface area contributed by atoms with E-state index in [-0.39, 0.29) is 5.75 Å². The number of phenols is 1. The van der Waals surface area contributed by atoms with Crippen LogP contribution in [-0.4, -0.2) is 50.0 Å². The first-order chi connectivity index (χ1) is 14.4. The van der Waals surface area contributed by atoms with Crippen molar-refractivity contribution in [3.8, 4) is 17.0 Å². The number of pyridine rings is 2. The van der Waals surface area contributed by atoms with Gasteiger partial charge in [0, 0.05) is 60.8 Å². The molecular formula is C22H23ClN6O. The maximum absolute atomic E-state index is 10.5. The van der Waals surface area contributed by atoms with Gasteiger partial charge in [0.05, 0.1) is 28.1 Å². The Kier molecular flexibility index (Phi) is 4.52. The molecule has 30 heavy (non-hydrogen) atoms. The molecule has 3 aromatic heterocycles. The molecule has 5 rings (SSSR count). The van der Waals surface area contributed by atoms with E-state index in [9.17, 15) is 5.11 Å². The molecule has 0 radical (unpaired) electrons. The average molecular weight is 423 g/mol. The second kappa shape index (κ2) is 7.11. The molecule has 0 unspecified atom stereocenters. The van der Waals surface area contributed by atoms with Gasteiger partial charge in [0.1, 0.15) is 5.75 Å². The number of aryl methyl sites for hydroxylation is 1. The molecule has 0 spiro atoms. The van der Waals surface area contributed by atoms with Crippen molar-refractivity contribution in [2.45, 2.75) is 25.9 Å². The highest BCUT2D eigenvalue weighted by Crippen LogP contribution is 2.35. The van der Waals surface area contributed by atoms with Gasteiger partial charge in [0.25, 0.3) is 0 Å². The molecule has 1 aromatic carbocycles. The van der Waals surface area contributed by atoms with Crippen LogP contribution in [0.25, 0.3) is 33.2 Å². The lowest BCUT2D eigenvalue weighted by Crippen LogP contribution is -2.54. The summed E-state index contributed by atoms with van der Waals surface area (Å²) in [7, 11) is 1.85. The van der Waals surface area contributed by atoms with Crippen molar-refractivity contribution in [3.63, 3.8) is 0 Å². The third-order valence-corrected chi connectivity index (χ3v) is 5.85. The molecule has 154 valence electrons. The Bertz CT molecular complexity index is 1260. The number of nitrogens with zero attached hydrogens (tertiary/aromatic N) is 5. The van der Waals surface area contributed by atoms with Gasteiger partial charge in [-0.1, -0.05) is 11.6 Å². The SMILES string of the molecule is C[C@H]1CN(c2cnc3nc(-c4cc5cn(C)nc5cc4O)cc(Cl)c3c2)C[C@H](C)N1. The van der Waals surface area contributed by atoms with Crippen molar-refractivity contribution in [2.75, 3.05) is 18.0 Å². The molecule has 0 saturated carbocycles. The van der Waals surface area contributed by atoms with E-state index in [1.807, 2.05) is 25.5 Å². The summed E-state index contributed by atoms with van der Waals surface area (Å²) in [6, 6.07) is 8.18. The summed E-state index contributed by atoms with van der Waals surface area (Å²) in [4.78, 5) is 11.6. The standard InChI is InChI=1S/C22H23ClN6O/c1-12-9-29(10-13(2)25-12)15-5-16-18(23)6-20(26-22(16)24-8-15)17-4-14-11-28(3)27-19(14)7-21(17)30/h4-8,11-13,25,30H,9-10H2,1-3H3/t12-,13-/m0/s1. The van der Waals surface area contributed by atoms with Crippen LogP contribution in [-0.2, 0) is 7.05 Å². The fraction of sp³-hybridized carbons (Fsp3) is 0.318. The van der Waals surface area contributed by atoms with E-state index in [0.29, 0.717) is 34.0 Å². The highest BCUT2D eigenvalue weighted by Gasteiger charge is 2.22. The lowest BCUT2D eigenvalue weighted by atomic mass is 10.1.